The van der Waals surface area contributed by atoms with Crippen molar-refractivity contribution in [1.82, 2.24) is 4.98 Å². The van der Waals surface area contributed by atoms with E-state index in [1.165, 1.54) is 84.1 Å². The highest BCUT2D eigenvalue weighted by Crippen LogP contribution is 2.43. The van der Waals surface area contributed by atoms with Crippen LogP contribution in [0.2, 0.25) is 0 Å². The van der Waals surface area contributed by atoms with Crippen LogP contribution in [-0.2, 0) is 0 Å². The monoisotopic (exact) mass is 760 g/mol. The van der Waals surface area contributed by atoms with Gasteiger partial charge in [-0.3, -0.25) is 4.98 Å². The molecule has 4 heteroatoms. The summed E-state index contributed by atoms with van der Waals surface area (Å²) in [5.41, 5.74) is 9.16. The maximum atomic E-state index is 4.49. The number of aromatic nitrogens is 1. The van der Waals surface area contributed by atoms with Crippen LogP contribution in [0, 0.1) is 0 Å². The van der Waals surface area contributed by atoms with Crippen LogP contribution in [-0.4, -0.2) is 4.98 Å². The molecule has 3 heterocycles. The highest BCUT2D eigenvalue weighted by Gasteiger charge is 2.16. The summed E-state index contributed by atoms with van der Waals surface area (Å²) in [5.74, 6) is 0. The van der Waals surface area contributed by atoms with Crippen molar-refractivity contribution < 1.29 is 0 Å². The third kappa shape index (κ3) is 5.48. The summed E-state index contributed by atoms with van der Waals surface area (Å²) >= 11 is 3.74. The van der Waals surface area contributed by atoms with E-state index in [0.717, 1.165) is 28.0 Å². The molecule has 0 aliphatic carbocycles. The third-order valence-electron chi connectivity index (χ3n) is 11.4. The Morgan fingerprint density at radius 2 is 0.825 bits per heavy atom. The summed E-state index contributed by atoms with van der Waals surface area (Å²) in [4.78, 5) is 6.90. The lowest BCUT2D eigenvalue weighted by Crippen LogP contribution is -2.09. The number of anilines is 3. The Morgan fingerprint density at radius 1 is 0.316 bits per heavy atom. The molecule has 0 amide bonds. The molecule has 0 aliphatic heterocycles. The van der Waals surface area contributed by atoms with E-state index in [9.17, 15) is 0 Å². The molecular formula is C53H32N2S2. The normalized spacial score (nSPS) is 11.9. The van der Waals surface area contributed by atoms with Crippen LogP contribution in [0.4, 0.5) is 17.1 Å². The van der Waals surface area contributed by atoms with Crippen LogP contribution in [0.5, 0.6) is 0 Å². The summed E-state index contributed by atoms with van der Waals surface area (Å²) < 4.78 is 5.29. The number of pyridine rings is 1. The minimum absolute atomic E-state index is 1.02. The fourth-order valence-corrected chi connectivity index (χ4v) is 10.8. The summed E-state index contributed by atoms with van der Waals surface area (Å²) in [5, 5.41) is 11.4. The molecule has 266 valence electrons. The maximum absolute atomic E-state index is 4.49. The Kier molecular flexibility index (Phi) is 7.31. The van der Waals surface area contributed by atoms with Crippen molar-refractivity contribution in [2.75, 3.05) is 4.90 Å². The molecule has 0 saturated heterocycles. The minimum Gasteiger partial charge on any atom is -0.310 e. The van der Waals surface area contributed by atoms with Crippen molar-refractivity contribution in [1.29, 1.82) is 0 Å². The Bertz CT molecular complexity index is 3370. The van der Waals surface area contributed by atoms with Crippen LogP contribution < -0.4 is 4.90 Å². The molecule has 0 bridgehead atoms. The predicted molar refractivity (Wildman–Crippen MR) is 248 cm³/mol. The number of fused-ring (bicyclic) bond motifs is 9. The van der Waals surface area contributed by atoms with Crippen LogP contribution >= 0.6 is 22.7 Å². The second-order valence-corrected chi connectivity index (χ2v) is 17.0. The van der Waals surface area contributed by atoms with E-state index >= 15 is 0 Å². The quantitative estimate of drug-likeness (QED) is 0.174. The van der Waals surface area contributed by atoms with Crippen molar-refractivity contribution in [2.45, 2.75) is 0 Å². The first-order valence-electron chi connectivity index (χ1n) is 19.2. The molecule has 0 spiro atoms. The molecule has 0 atom stereocenters. The van der Waals surface area contributed by atoms with Gasteiger partial charge in [0.05, 0.1) is 5.52 Å². The number of thiophene rings is 2. The fraction of sp³-hybridized carbons (Fsp3) is 0. The summed E-state index contributed by atoms with van der Waals surface area (Å²) in [7, 11) is 0. The molecule has 0 unspecified atom stereocenters. The largest absolute Gasteiger partial charge is 0.310 e. The highest BCUT2D eigenvalue weighted by molar-refractivity contribution is 7.26. The van der Waals surface area contributed by atoms with Gasteiger partial charge in [0.15, 0.2) is 0 Å². The van der Waals surface area contributed by atoms with Gasteiger partial charge in [-0.15, -0.1) is 22.7 Å². The number of hydrogen-bond acceptors (Lipinski definition) is 4. The lowest BCUT2D eigenvalue weighted by atomic mass is 9.99. The van der Waals surface area contributed by atoms with Gasteiger partial charge in [0.1, 0.15) is 0 Å². The predicted octanol–water partition coefficient (Wildman–Crippen LogP) is 16.1. The lowest BCUT2D eigenvalue weighted by Gasteiger charge is -2.26. The van der Waals surface area contributed by atoms with Gasteiger partial charge in [-0.1, -0.05) is 97.1 Å². The lowest BCUT2D eigenvalue weighted by molar-refractivity contribution is 1.29. The number of nitrogens with zero attached hydrogens (tertiary/aromatic N) is 2. The molecule has 57 heavy (non-hydrogen) atoms. The molecule has 9 aromatic carbocycles. The molecule has 0 N–H and O–H groups in total. The molecule has 0 saturated carbocycles. The Morgan fingerprint density at radius 3 is 1.42 bits per heavy atom. The molecule has 3 aromatic heterocycles. The first kappa shape index (κ1) is 32.4. The topological polar surface area (TPSA) is 16.1 Å². The zero-order chi connectivity index (χ0) is 37.5. The van der Waals surface area contributed by atoms with Gasteiger partial charge in [-0.25, -0.2) is 0 Å². The zero-order valence-corrected chi connectivity index (χ0v) is 32.3. The zero-order valence-electron chi connectivity index (χ0n) is 30.7. The van der Waals surface area contributed by atoms with Gasteiger partial charge in [0, 0.05) is 69.0 Å². The molecule has 12 aromatic rings. The van der Waals surface area contributed by atoms with Crippen molar-refractivity contribution in [3.8, 4) is 22.3 Å². The second kappa shape index (κ2) is 12.9. The van der Waals surface area contributed by atoms with Crippen LogP contribution in [0.25, 0.3) is 95.0 Å². The standard InChI is InChI=1S/C53H32N2S2/c1-3-9-50-45(7-1)47-29-37-17-22-43(27-40(37)31-52(47)56-50)55(44-23-18-38-30-48-46-8-2-4-10-51(46)57-53(48)32-41(38)28-44)42-20-15-34(16-21-42)33-11-13-35(14-12-33)36-19-24-49-39(26-36)6-5-25-54-49/h1-32H. The van der Waals surface area contributed by atoms with E-state index in [4.69, 9.17) is 0 Å². The van der Waals surface area contributed by atoms with E-state index < -0.39 is 0 Å². The Balaban J connectivity index is 0.956. The van der Waals surface area contributed by atoms with Gasteiger partial charge in [-0.05, 0) is 135 Å². The number of rotatable bonds is 5. The SMILES string of the molecule is c1cnc2ccc(-c3ccc(-c4ccc(N(c5ccc6cc7c(cc6c5)sc5ccccc57)c5ccc6cc7c(cc6c5)sc5ccccc57)cc4)cc3)cc2c1. The van der Waals surface area contributed by atoms with E-state index in [0.29, 0.717) is 0 Å². The summed E-state index contributed by atoms with van der Waals surface area (Å²) in [6.07, 6.45) is 1.84. The van der Waals surface area contributed by atoms with Gasteiger partial charge in [-0.2, -0.15) is 0 Å². The smallest absolute Gasteiger partial charge is 0.0702 e. The highest BCUT2D eigenvalue weighted by atomic mass is 32.1. The van der Waals surface area contributed by atoms with Crippen molar-refractivity contribution >= 4 is 113 Å². The maximum Gasteiger partial charge on any atom is 0.0702 e. The minimum atomic E-state index is 1.02. The van der Waals surface area contributed by atoms with Crippen molar-refractivity contribution in [3.05, 3.63) is 194 Å². The summed E-state index contributed by atoms with van der Waals surface area (Å²) in [6.45, 7) is 0. The first-order chi connectivity index (χ1) is 28.2. The third-order valence-corrected chi connectivity index (χ3v) is 13.7. The fourth-order valence-electron chi connectivity index (χ4n) is 8.55. The second-order valence-electron chi connectivity index (χ2n) is 14.8. The summed E-state index contributed by atoms with van der Waals surface area (Å²) in [6, 6.07) is 69.3. The van der Waals surface area contributed by atoms with E-state index in [1.54, 1.807) is 0 Å². The molecule has 12 rings (SSSR count). The molecule has 2 nitrogen and oxygen atoms in total. The average molecular weight is 761 g/mol. The average Bonchev–Trinajstić information content (AvgIpc) is 3.82. The van der Waals surface area contributed by atoms with E-state index in [1.807, 2.05) is 34.9 Å². The van der Waals surface area contributed by atoms with E-state index in [-0.39, 0.29) is 0 Å². The Labute approximate surface area is 337 Å². The van der Waals surface area contributed by atoms with Crippen molar-refractivity contribution in [3.63, 3.8) is 0 Å². The molecule has 0 aliphatic rings. The van der Waals surface area contributed by atoms with Gasteiger partial charge in [0.25, 0.3) is 0 Å². The van der Waals surface area contributed by atoms with Gasteiger partial charge >= 0.3 is 0 Å². The van der Waals surface area contributed by atoms with Crippen LogP contribution in [0.1, 0.15) is 0 Å². The van der Waals surface area contributed by atoms with Gasteiger partial charge < -0.3 is 4.90 Å². The Hall–Kier alpha value is -6.85. The molecule has 0 fully saturated rings. The number of hydrogen-bond donors (Lipinski definition) is 0. The van der Waals surface area contributed by atoms with Crippen LogP contribution in [0.15, 0.2) is 194 Å². The van der Waals surface area contributed by atoms with E-state index in [2.05, 4.69) is 192 Å². The van der Waals surface area contributed by atoms with Crippen LogP contribution in [0.3, 0.4) is 0 Å². The van der Waals surface area contributed by atoms with Crippen molar-refractivity contribution in [2.24, 2.45) is 0 Å². The molecule has 0 radical (unpaired) electrons. The van der Waals surface area contributed by atoms with Gasteiger partial charge in [0.2, 0.25) is 0 Å². The molecular weight excluding hydrogens is 729 g/mol. The first-order valence-corrected chi connectivity index (χ1v) is 20.9. The number of benzene rings is 9.